The van der Waals surface area contributed by atoms with Crippen LogP contribution >= 0.6 is 0 Å². The van der Waals surface area contributed by atoms with Crippen molar-refractivity contribution < 1.29 is 4.74 Å². The molecular formula is C14H13N3O. The van der Waals surface area contributed by atoms with E-state index in [4.69, 9.17) is 15.7 Å². The lowest BCUT2D eigenvalue weighted by Gasteiger charge is -2.09. The molecule has 4 heteroatoms. The number of hydrogen-bond donors (Lipinski definition) is 1. The molecule has 4 nitrogen and oxygen atoms in total. The summed E-state index contributed by atoms with van der Waals surface area (Å²) in [5.74, 6) is 0.649. The van der Waals surface area contributed by atoms with Gasteiger partial charge in [0.05, 0.1) is 5.69 Å². The van der Waals surface area contributed by atoms with E-state index in [0.717, 1.165) is 11.1 Å². The standard InChI is InChI=1S/C14H13N3O/c1-10-2-3-14(13(16)6-10)18-9-11-4-5-17-12(7-11)8-15/h2-7H,9,16H2,1H3. The molecule has 0 bridgehead atoms. The highest BCUT2D eigenvalue weighted by Crippen LogP contribution is 2.23. The summed E-state index contributed by atoms with van der Waals surface area (Å²) in [6, 6.07) is 11.2. The number of nitriles is 1. The Morgan fingerprint density at radius 1 is 1.33 bits per heavy atom. The van der Waals surface area contributed by atoms with Crippen molar-refractivity contribution in [3.05, 3.63) is 53.3 Å². The Morgan fingerprint density at radius 2 is 2.17 bits per heavy atom. The van der Waals surface area contributed by atoms with Gasteiger partial charge in [0.2, 0.25) is 0 Å². The van der Waals surface area contributed by atoms with Gasteiger partial charge in [0.25, 0.3) is 0 Å². The first-order chi connectivity index (χ1) is 8.69. The lowest BCUT2D eigenvalue weighted by Crippen LogP contribution is -1.99. The fraction of sp³-hybridized carbons (Fsp3) is 0.143. The largest absolute Gasteiger partial charge is 0.487 e. The fourth-order valence-electron chi connectivity index (χ4n) is 1.59. The van der Waals surface area contributed by atoms with Crippen molar-refractivity contribution in [2.45, 2.75) is 13.5 Å². The summed E-state index contributed by atoms with van der Waals surface area (Å²) in [6.07, 6.45) is 1.59. The molecule has 0 aliphatic rings. The predicted molar refractivity (Wildman–Crippen MR) is 68.9 cm³/mol. The van der Waals surface area contributed by atoms with E-state index in [1.807, 2.05) is 37.3 Å². The molecule has 1 heterocycles. The molecule has 0 spiro atoms. The van der Waals surface area contributed by atoms with Gasteiger partial charge >= 0.3 is 0 Å². The number of pyridine rings is 1. The number of hydrogen-bond acceptors (Lipinski definition) is 4. The van der Waals surface area contributed by atoms with E-state index in [-0.39, 0.29) is 0 Å². The Kier molecular flexibility index (Phi) is 3.44. The van der Waals surface area contributed by atoms with Crippen LogP contribution in [0.5, 0.6) is 5.75 Å². The fourth-order valence-corrected chi connectivity index (χ4v) is 1.59. The van der Waals surface area contributed by atoms with E-state index in [1.54, 1.807) is 12.3 Å². The van der Waals surface area contributed by atoms with Gasteiger partial charge in [0.1, 0.15) is 24.1 Å². The van der Waals surface area contributed by atoms with Crippen LogP contribution in [0, 0.1) is 18.3 Å². The number of nitrogens with zero attached hydrogens (tertiary/aromatic N) is 2. The first-order valence-electron chi connectivity index (χ1n) is 5.53. The first-order valence-corrected chi connectivity index (χ1v) is 5.53. The average Bonchev–Trinajstić information content (AvgIpc) is 2.38. The van der Waals surface area contributed by atoms with E-state index in [9.17, 15) is 0 Å². The highest BCUT2D eigenvalue weighted by molar-refractivity contribution is 5.54. The van der Waals surface area contributed by atoms with Crippen molar-refractivity contribution in [3.63, 3.8) is 0 Å². The van der Waals surface area contributed by atoms with E-state index < -0.39 is 0 Å². The number of nitrogen functional groups attached to an aromatic ring is 1. The summed E-state index contributed by atoms with van der Waals surface area (Å²) < 4.78 is 5.62. The number of aryl methyl sites for hydroxylation is 1. The minimum atomic E-state index is 0.366. The summed E-state index contributed by atoms with van der Waals surface area (Å²) in [5, 5.41) is 8.75. The Hall–Kier alpha value is -2.54. The van der Waals surface area contributed by atoms with E-state index in [2.05, 4.69) is 4.98 Å². The van der Waals surface area contributed by atoms with Crippen molar-refractivity contribution in [3.8, 4) is 11.8 Å². The van der Waals surface area contributed by atoms with Crippen LogP contribution in [0.25, 0.3) is 0 Å². The number of aromatic nitrogens is 1. The first kappa shape index (κ1) is 11.9. The minimum Gasteiger partial charge on any atom is -0.487 e. The Morgan fingerprint density at radius 3 is 2.89 bits per heavy atom. The van der Waals surface area contributed by atoms with Gasteiger partial charge in [-0.05, 0) is 42.3 Å². The van der Waals surface area contributed by atoms with E-state index in [0.29, 0.717) is 23.7 Å². The predicted octanol–water partition coefficient (Wildman–Crippen LogP) is 2.42. The number of ether oxygens (including phenoxy) is 1. The zero-order valence-corrected chi connectivity index (χ0v) is 10.1. The van der Waals surface area contributed by atoms with Crippen molar-refractivity contribution in [1.82, 2.24) is 4.98 Å². The van der Waals surface area contributed by atoms with Crippen LogP contribution in [-0.4, -0.2) is 4.98 Å². The van der Waals surface area contributed by atoms with Crippen LogP contribution in [0.2, 0.25) is 0 Å². The van der Waals surface area contributed by atoms with Gasteiger partial charge in [0.15, 0.2) is 0 Å². The second-order valence-corrected chi connectivity index (χ2v) is 3.99. The number of nitrogens with two attached hydrogens (primary N) is 1. The molecule has 2 aromatic rings. The topological polar surface area (TPSA) is 71.9 Å². The molecule has 2 rings (SSSR count). The molecule has 0 fully saturated rings. The smallest absolute Gasteiger partial charge is 0.142 e. The summed E-state index contributed by atoms with van der Waals surface area (Å²) in [4.78, 5) is 3.90. The molecule has 0 amide bonds. The van der Waals surface area contributed by atoms with Gasteiger partial charge < -0.3 is 10.5 Å². The van der Waals surface area contributed by atoms with Crippen LogP contribution in [-0.2, 0) is 6.61 Å². The van der Waals surface area contributed by atoms with Crippen LogP contribution in [0.4, 0.5) is 5.69 Å². The van der Waals surface area contributed by atoms with E-state index >= 15 is 0 Å². The molecular weight excluding hydrogens is 226 g/mol. The molecule has 1 aromatic carbocycles. The monoisotopic (exact) mass is 239 g/mol. The zero-order valence-electron chi connectivity index (χ0n) is 10.1. The Labute approximate surface area is 106 Å². The van der Waals surface area contributed by atoms with Crippen LogP contribution in [0.1, 0.15) is 16.8 Å². The van der Waals surface area contributed by atoms with Gasteiger partial charge in [-0.2, -0.15) is 5.26 Å². The quantitative estimate of drug-likeness (QED) is 0.835. The summed E-state index contributed by atoms with van der Waals surface area (Å²) in [6.45, 7) is 2.34. The van der Waals surface area contributed by atoms with Crippen LogP contribution in [0.15, 0.2) is 36.5 Å². The average molecular weight is 239 g/mol. The van der Waals surface area contributed by atoms with Crippen LogP contribution in [0.3, 0.4) is 0 Å². The lowest BCUT2D eigenvalue weighted by molar-refractivity contribution is 0.307. The van der Waals surface area contributed by atoms with Gasteiger partial charge in [0, 0.05) is 6.20 Å². The minimum absolute atomic E-state index is 0.366. The molecule has 1 aromatic heterocycles. The highest BCUT2D eigenvalue weighted by atomic mass is 16.5. The normalized spacial score (nSPS) is 9.78. The van der Waals surface area contributed by atoms with Crippen molar-refractivity contribution in [1.29, 1.82) is 5.26 Å². The summed E-state index contributed by atoms with van der Waals surface area (Å²) in [7, 11) is 0. The third kappa shape index (κ3) is 2.77. The van der Waals surface area contributed by atoms with Gasteiger partial charge in [-0.3, -0.25) is 0 Å². The van der Waals surface area contributed by atoms with Gasteiger partial charge in [-0.25, -0.2) is 4.98 Å². The molecule has 18 heavy (non-hydrogen) atoms. The summed E-state index contributed by atoms with van der Waals surface area (Å²) >= 11 is 0. The maximum absolute atomic E-state index is 8.75. The summed E-state index contributed by atoms with van der Waals surface area (Å²) in [5.41, 5.74) is 8.83. The molecule has 0 saturated heterocycles. The molecule has 0 unspecified atom stereocenters. The molecule has 0 aliphatic heterocycles. The zero-order chi connectivity index (χ0) is 13.0. The number of rotatable bonds is 3. The molecule has 2 N–H and O–H groups in total. The second kappa shape index (κ2) is 5.19. The maximum Gasteiger partial charge on any atom is 0.142 e. The van der Waals surface area contributed by atoms with E-state index in [1.165, 1.54) is 0 Å². The SMILES string of the molecule is Cc1ccc(OCc2ccnc(C#N)c2)c(N)c1. The lowest BCUT2D eigenvalue weighted by atomic mass is 10.2. The third-order valence-electron chi connectivity index (χ3n) is 2.50. The molecule has 0 radical (unpaired) electrons. The Bertz CT molecular complexity index is 602. The molecule has 0 aliphatic carbocycles. The van der Waals surface area contributed by atoms with Crippen molar-refractivity contribution >= 4 is 5.69 Å². The maximum atomic E-state index is 8.75. The third-order valence-corrected chi connectivity index (χ3v) is 2.50. The number of anilines is 1. The second-order valence-electron chi connectivity index (χ2n) is 3.99. The molecule has 0 atom stereocenters. The Balaban J connectivity index is 2.09. The molecule has 0 saturated carbocycles. The van der Waals surface area contributed by atoms with Crippen molar-refractivity contribution in [2.24, 2.45) is 0 Å². The van der Waals surface area contributed by atoms with Crippen molar-refractivity contribution in [2.75, 3.05) is 5.73 Å². The highest BCUT2D eigenvalue weighted by Gasteiger charge is 2.02. The molecule has 90 valence electrons. The van der Waals surface area contributed by atoms with Gasteiger partial charge in [-0.1, -0.05) is 6.07 Å². The van der Waals surface area contributed by atoms with Crippen LogP contribution < -0.4 is 10.5 Å². The number of benzene rings is 1. The van der Waals surface area contributed by atoms with Gasteiger partial charge in [-0.15, -0.1) is 0 Å².